The molecule has 2 aromatic rings. The van der Waals surface area contributed by atoms with Gasteiger partial charge in [-0.2, -0.15) is 0 Å². The maximum atomic E-state index is 5.57. The highest BCUT2D eigenvalue weighted by Crippen LogP contribution is 2.18. The number of fused-ring (bicyclic) bond motifs is 1. The van der Waals surface area contributed by atoms with Crippen molar-refractivity contribution in [1.82, 2.24) is 10.3 Å². The fourth-order valence-electron chi connectivity index (χ4n) is 2.11. The van der Waals surface area contributed by atoms with E-state index in [9.17, 15) is 0 Å². The minimum absolute atomic E-state index is 0.219. The van der Waals surface area contributed by atoms with Crippen molar-refractivity contribution in [3.8, 4) is 0 Å². The topological polar surface area (TPSA) is 34.1 Å². The predicted molar refractivity (Wildman–Crippen MR) is 79.3 cm³/mol. The van der Waals surface area contributed by atoms with Crippen LogP contribution in [0.4, 0.5) is 0 Å². The summed E-state index contributed by atoms with van der Waals surface area (Å²) in [5, 5.41) is 4.70. The van der Waals surface area contributed by atoms with Gasteiger partial charge in [-0.25, -0.2) is 0 Å². The van der Waals surface area contributed by atoms with Gasteiger partial charge in [-0.1, -0.05) is 25.1 Å². The molecule has 0 amide bonds. The second-order valence-electron chi connectivity index (χ2n) is 4.63. The Kier molecular flexibility index (Phi) is 5.31. The lowest BCUT2D eigenvalue weighted by molar-refractivity contribution is 0.123. The molecule has 1 unspecified atom stereocenters. The SMILES string of the molecule is CCCNC(COCC)c1cnc2ccccc2c1. The number of hydrogen-bond donors (Lipinski definition) is 1. The van der Waals surface area contributed by atoms with Gasteiger partial charge in [0.05, 0.1) is 18.2 Å². The molecule has 102 valence electrons. The zero-order chi connectivity index (χ0) is 13.5. The molecule has 1 aromatic carbocycles. The molecule has 0 saturated carbocycles. The number of aromatic nitrogens is 1. The summed E-state index contributed by atoms with van der Waals surface area (Å²) in [6.07, 6.45) is 3.07. The lowest BCUT2D eigenvalue weighted by Crippen LogP contribution is -2.26. The normalized spacial score (nSPS) is 12.7. The smallest absolute Gasteiger partial charge is 0.0702 e. The molecule has 0 bridgehead atoms. The van der Waals surface area contributed by atoms with Crippen molar-refractivity contribution in [3.63, 3.8) is 0 Å². The van der Waals surface area contributed by atoms with E-state index in [4.69, 9.17) is 4.74 Å². The molecular formula is C16H22N2O. The van der Waals surface area contributed by atoms with Crippen LogP contribution in [0.15, 0.2) is 36.5 Å². The Balaban J connectivity index is 2.21. The summed E-state index contributed by atoms with van der Waals surface area (Å²) in [6, 6.07) is 10.6. The molecule has 1 N–H and O–H groups in total. The van der Waals surface area contributed by atoms with Crippen molar-refractivity contribution in [1.29, 1.82) is 0 Å². The standard InChI is InChI=1S/C16H22N2O/c1-3-9-17-16(12-19-4-2)14-10-13-7-5-6-8-15(13)18-11-14/h5-8,10-11,16-17H,3-4,9,12H2,1-2H3. The van der Waals surface area contributed by atoms with Gasteiger partial charge >= 0.3 is 0 Å². The van der Waals surface area contributed by atoms with Crippen LogP contribution in [0.5, 0.6) is 0 Å². The van der Waals surface area contributed by atoms with E-state index in [-0.39, 0.29) is 6.04 Å². The van der Waals surface area contributed by atoms with Gasteiger partial charge in [0, 0.05) is 18.2 Å². The van der Waals surface area contributed by atoms with E-state index in [0.717, 1.165) is 25.1 Å². The minimum Gasteiger partial charge on any atom is -0.380 e. The Morgan fingerprint density at radius 1 is 1.26 bits per heavy atom. The molecule has 0 spiro atoms. The fourth-order valence-corrected chi connectivity index (χ4v) is 2.11. The fraction of sp³-hybridized carbons (Fsp3) is 0.438. The van der Waals surface area contributed by atoms with Crippen molar-refractivity contribution in [3.05, 3.63) is 42.1 Å². The largest absolute Gasteiger partial charge is 0.380 e. The molecule has 0 aliphatic carbocycles. The van der Waals surface area contributed by atoms with E-state index < -0.39 is 0 Å². The highest BCUT2D eigenvalue weighted by molar-refractivity contribution is 5.78. The monoisotopic (exact) mass is 258 g/mol. The van der Waals surface area contributed by atoms with Crippen molar-refractivity contribution >= 4 is 10.9 Å². The summed E-state index contributed by atoms with van der Waals surface area (Å²) in [7, 11) is 0. The lowest BCUT2D eigenvalue weighted by atomic mass is 10.1. The Morgan fingerprint density at radius 2 is 2.11 bits per heavy atom. The van der Waals surface area contributed by atoms with Crippen LogP contribution in [-0.4, -0.2) is 24.7 Å². The van der Waals surface area contributed by atoms with Gasteiger partial charge in [-0.3, -0.25) is 4.98 Å². The number of rotatable bonds is 7. The second-order valence-corrected chi connectivity index (χ2v) is 4.63. The predicted octanol–water partition coefficient (Wildman–Crippen LogP) is 3.31. The number of hydrogen-bond acceptors (Lipinski definition) is 3. The molecule has 0 saturated heterocycles. The van der Waals surface area contributed by atoms with Crippen molar-refractivity contribution in [2.75, 3.05) is 19.8 Å². The average molecular weight is 258 g/mol. The van der Waals surface area contributed by atoms with Gasteiger partial charge in [0.1, 0.15) is 0 Å². The zero-order valence-corrected chi connectivity index (χ0v) is 11.7. The molecule has 0 radical (unpaired) electrons. The van der Waals surface area contributed by atoms with Gasteiger partial charge in [0.15, 0.2) is 0 Å². The third kappa shape index (κ3) is 3.75. The Labute approximate surface area is 115 Å². The first kappa shape index (κ1) is 14.0. The molecule has 0 aliphatic heterocycles. The van der Waals surface area contributed by atoms with Gasteiger partial charge < -0.3 is 10.1 Å². The first-order chi connectivity index (χ1) is 9.35. The third-order valence-electron chi connectivity index (χ3n) is 3.14. The van der Waals surface area contributed by atoms with Crippen LogP contribution in [0, 0.1) is 0 Å². The van der Waals surface area contributed by atoms with Gasteiger partial charge in [0.2, 0.25) is 0 Å². The average Bonchev–Trinajstić information content (AvgIpc) is 2.47. The molecule has 3 heteroatoms. The van der Waals surface area contributed by atoms with Crippen molar-refractivity contribution < 1.29 is 4.74 Å². The molecule has 1 heterocycles. The van der Waals surface area contributed by atoms with E-state index in [0.29, 0.717) is 6.61 Å². The minimum atomic E-state index is 0.219. The van der Waals surface area contributed by atoms with Crippen LogP contribution in [0.1, 0.15) is 31.9 Å². The van der Waals surface area contributed by atoms with Crippen LogP contribution < -0.4 is 5.32 Å². The lowest BCUT2D eigenvalue weighted by Gasteiger charge is -2.18. The first-order valence-corrected chi connectivity index (χ1v) is 7.01. The number of ether oxygens (including phenoxy) is 1. The molecule has 1 aromatic heterocycles. The summed E-state index contributed by atoms with van der Waals surface area (Å²) < 4.78 is 5.57. The summed E-state index contributed by atoms with van der Waals surface area (Å²) in [6.45, 7) is 6.62. The first-order valence-electron chi connectivity index (χ1n) is 7.01. The van der Waals surface area contributed by atoms with E-state index in [1.165, 1.54) is 10.9 Å². The van der Waals surface area contributed by atoms with Crippen LogP contribution in [0.3, 0.4) is 0 Å². The molecule has 1 atom stereocenters. The van der Waals surface area contributed by atoms with E-state index in [2.05, 4.69) is 29.4 Å². The zero-order valence-electron chi connectivity index (χ0n) is 11.7. The third-order valence-corrected chi connectivity index (χ3v) is 3.14. The van der Waals surface area contributed by atoms with E-state index in [1.807, 2.05) is 31.3 Å². The molecule has 2 rings (SSSR count). The van der Waals surface area contributed by atoms with E-state index in [1.54, 1.807) is 0 Å². The number of benzene rings is 1. The van der Waals surface area contributed by atoms with Crippen molar-refractivity contribution in [2.45, 2.75) is 26.3 Å². The maximum Gasteiger partial charge on any atom is 0.0702 e. The summed E-state index contributed by atoms with van der Waals surface area (Å²) in [5.74, 6) is 0. The Hall–Kier alpha value is -1.45. The highest BCUT2D eigenvalue weighted by atomic mass is 16.5. The maximum absolute atomic E-state index is 5.57. The Morgan fingerprint density at radius 3 is 2.89 bits per heavy atom. The number of para-hydroxylation sites is 1. The van der Waals surface area contributed by atoms with Crippen LogP contribution >= 0.6 is 0 Å². The quantitative estimate of drug-likeness (QED) is 0.827. The highest BCUT2D eigenvalue weighted by Gasteiger charge is 2.11. The molecule has 3 nitrogen and oxygen atoms in total. The van der Waals surface area contributed by atoms with Crippen LogP contribution in [0.25, 0.3) is 10.9 Å². The summed E-state index contributed by atoms with van der Waals surface area (Å²) in [5.41, 5.74) is 2.23. The van der Waals surface area contributed by atoms with Gasteiger partial charge in [-0.15, -0.1) is 0 Å². The molecule has 0 fully saturated rings. The van der Waals surface area contributed by atoms with E-state index >= 15 is 0 Å². The molecular weight excluding hydrogens is 236 g/mol. The number of nitrogens with zero attached hydrogens (tertiary/aromatic N) is 1. The van der Waals surface area contributed by atoms with Gasteiger partial charge in [-0.05, 0) is 37.6 Å². The van der Waals surface area contributed by atoms with Crippen molar-refractivity contribution in [2.24, 2.45) is 0 Å². The molecule has 0 aliphatic rings. The number of nitrogens with one attached hydrogen (secondary N) is 1. The van der Waals surface area contributed by atoms with Crippen LogP contribution in [0.2, 0.25) is 0 Å². The second kappa shape index (κ2) is 7.22. The Bertz CT molecular complexity index is 505. The number of pyridine rings is 1. The summed E-state index contributed by atoms with van der Waals surface area (Å²) >= 11 is 0. The molecule has 19 heavy (non-hydrogen) atoms. The van der Waals surface area contributed by atoms with Gasteiger partial charge in [0.25, 0.3) is 0 Å². The summed E-state index contributed by atoms with van der Waals surface area (Å²) in [4.78, 5) is 4.52. The van der Waals surface area contributed by atoms with Crippen LogP contribution in [-0.2, 0) is 4.74 Å².